The van der Waals surface area contributed by atoms with Gasteiger partial charge >= 0.3 is 0 Å². The van der Waals surface area contributed by atoms with Crippen LogP contribution >= 0.6 is 0 Å². The van der Waals surface area contributed by atoms with Crippen LogP contribution in [0.4, 0.5) is 11.6 Å². The van der Waals surface area contributed by atoms with Crippen LogP contribution in [0.2, 0.25) is 0 Å². The summed E-state index contributed by atoms with van der Waals surface area (Å²) in [5.41, 5.74) is 0. The van der Waals surface area contributed by atoms with Gasteiger partial charge in [0.05, 0.1) is 5.25 Å². The Morgan fingerprint density at radius 1 is 1.27 bits per heavy atom. The Kier molecular flexibility index (Phi) is 4.22. The lowest BCUT2D eigenvalue weighted by atomic mass is 10.1. The number of piperidine rings is 1. The van der Waals surface area contributed by atoms with Gasteiger partial charge in [0.2, 0.25) is 10.0 Å². The van der Waals surface area contributed by atoms with Gasteiger partial charge in [0.1, 0.15) is 18.0 Å². The quantitative estimate of drug-likeness (QED) is 0.867. The van der Waals surface area contributed by atoms with E-state index >= 15 is 0 Å². The molecule has 1 aromatic heterocycles. The molecule has 8 heteroatoms. The Morgan fingerprint density at radius 2 is 2.05 bits per heavy atom. The summed E-state index contributed by atoms with van der Waals surface area (Å²) >= 11 is 0. The second-order valence-electron chi connectivity index (χ2n) is 6.22. The second kappa shape index (κ2) is 6.00. The SMILES string of the molecule is CN(C)S(=O)(=O)[C@@H]1CCCN(c2cc(NC3CC3)ncn2)C1. The molecule has 0 bridgehead atoms. The van der Waals surface area contributed by atoms with Crippen molar-refractivity contribution in [2.24, 2.45) is 0 Å². The predicted molar refractivity (Wildman–Crippen MR) is 86.5 cm³/mol. The normalized spacial score (nSPS) is 22.9. The first-order valence-electron chi connectivity index (χ1n) is 7.71. The molecular weight excluding hydrogens is 302 g/mol. The molecule has 2 fully saturated rings. The first-order chi connectivity index (χ1) is 10.5. The standard InChI is InChI=1S/C14H23N5O2S/c1-18(2)22(20,21)12-4-3-7-19(9-12)14-8-13(15-10-16-14)17-11-5-6-11/h8,10-12H,3-7,9H2,1-2H3,(H,15,16,17)/t12-/m1/s1. The van der Waals surface area contributed by atoms with Crippen molar-refractivity contribution in [3.05, 3.63) is 12.4 Å². The number of aromatic nitrogens is 2. The van der Waals surface area contributed by atoms with Crippen LogP contribution in [0, 0.1) is 0 Å². The molecular formula is C14H23N5O2S. The highest BCUT2D eigenvalue weighted by Gasteiger charge is 2.33. The summed E-state index contributed by atoms with van der Waals surface area (Å²) in [7, 11) is -0.0396. The van der Waals surface area contributed by atoms with Gasteiger partial charge in [-0.15, -0.1) is 0 Å². The largest absolute Gasteiger partial charge is 0.367 e. The minimum atomic E-state index is -3.23. The van der Waals surface area contributed by atoms with Crippen LogP contribution in [-0.2, 0) is 10.0 Å². The second-order valence-corrected chi connectivity index (χ2v) is 8.64. The molecule has 0 aromatic carbocycles. The van der Waals surface area contributed by atoms with E-state index in [0.29, 0.717) is 19.0 Å². The molecule has 1 saturated carbocycles. The van der Waals surface area contributed by atoms with E-state index in [1.165, 1.54) is 17.1 Å². The Hall–Kier alpha value is -1.41. The summed E-state index contributed by atoms with van der Waals surface area (Å²) in [4.78, 5) is 10.6. The number of rotatable bonds is 5. The Morgan fingerprint density at radius 3 is 2.73 bits per heavy atom. The summed E-state index contributed by atoms with van der Waals surface area (Å²) < 4.78 is 26.0. The third kappa shape index (κ3) is 3.33. The number of anilines is 2. The van der Waals surface area contributed by atoms with E-state index in [0.717, 1.165) is 24.6 Å². The fourth-order valence-electron chi connectivity index (χ4n) is 2.72. The van der Waals surface area contributed by atoms with Crippen LogP contribution < -0.4 is 10.2 Å². The van der Waals surface area contributed by atoms with E-state index in [2.05, 4.69) is 20.2 Å². The maximum absolute atomic E-state index is 12.3. The maximum Gasteiger partial charge on any atom is 0.218 e. The summed E-state index contributed by atoms with van der Waals surface area (Å²) in [6, 6.07) is 2.45. The minimum absolute atomic E-state index is 0.369. The highest BCUT2D eigenvalue weighted by atomic mass is 32.2. The number of hydrogen-bond donors (Lipinski definition) is 1. The van der Waals surface area contributed by atoms with E-state index in [4.69, 9.17) is 0 Å². The minimum Gasteiger partial charge on any atom is -0.367 e. The third-order valence-electron chi connectivity index (χ3n) is 4.21. The van der Waals surface area contributed by atoms with Crippen molar-refractivity contribution in [1.29, 1.82) is 0 Å². The monoisotopic (exact) mass is 325 g/mol. The van der Waals surface area contributed by atoms with Crippen LogP contribution in [0.15, 0.2) is 12.4 Å². The van der Waals surface area contributed by atoms with E-state index in [1.54, 1.807) is 20.4 Å². The van der Waals surface area contributed by atoms with Gasteiger partial charge in [-0.05, 0) is 25.7 Å². The average Bonchev–Trinajstić information content (AvgIpc) is 3.31. The topological polar surface area (TPSA) is 78.4 Å². The summed E-state index contributed by atoms with van der Waals surface area (Å²) in [6.07, 6.45) is 5.48. The Labute approximate surface area is 131 Å². The van der Waals surface area contributed by atoms with Crippen molar-refractivity contribution in [3.8, 4) is 0 Å². The number of nitrogens with zero attached hydrogens (tertiary/aromatic N) is 4. The lowest BCUT2D eigenvalue weighted by Gasteiger charge is -2.34. The molecule has 122 valence electrons. The molecule has 1 aromatic rings. The highest BCUT2D eigenvalue weighted by molar-refractivity contribution is 7.89. The molecule has 0 amide bonds. The number of hydrogen-bond acceptors (Lipinski definition) is 6. The van der Waals surface area contributed by atoms with Gasteiger partial charge < -0.3 is 10.2 Å². The van der Waals surface area contributed by atoms with Crippen LogP contribution in [0.1, 0.15) is 25.7 Å². The highest BCUT2D eigenvalue weighted by Crippen LogP contribution is 2.27. The summed E-state index contributed by atoms with van der Waals surface area (Å²) in [6.45, 7) is 1.32. The molecule has 0 spiro atoms. The maximum atomic E-state index is 12.3. The van der Waals surface area contributed by atoms with Gasteiger partial charge in [0.25, 0.3) is 0 Å². The number of nitrogens with one attached hydrogen (secondary N) is 1. The zero-order valence-electron chi connectivity index (χ0n) is 13.1. The summed E-state index contributed by atoms with van der Waals surface area (Å²) in [5.74, 6) is 1.63. The number of sulfonamides is 1. The van der Waals surface area contributed by atoms with Crippen molar-refractivity contribution in [3.63, 3.8) is 0 Å². The molecule has 2 aliphatic rings. The summed E-state index contributed by atoms with van der Waals surface area (Å²) in [5, 5.41) is 2.98. The van der Waals surface area contributed by atoms with Gasteiger partial charge in [-0.2, -0.15) is 0 Å². The lowest BCUT2D eigenvalue weighted by molar-refractivity contribution is 0.478. The van der Waals surface area contributed by atoms with Gasteiger partial charge in [-0.1, -0.05) is 0 Å². The van der Waals surface area contributed by atoms with E-state index < -0.39 is 10.0 Å². The first kappa shape index (κ1) is 15.5. The molecule has 7 nitrogen and oxygen atoms in total. The Balaban J connectivity index is 1.74. The predicted octanol–water partition coefficient (Wildman–Crippen LogP) is 0.911. The molecule has 1 atom stereocenters. The van der Waals surface area contributed by atoms with Gasteiger partial charge in [0.15, 0.2) is 0 Å². The fraction of sp³-hybridized carbons (Fsp3) is 0.714. The van der Waals surface area contributed by atoms with Crippen molar-refractivity contribution in [1.82, 2.24) is 14.3 Å². The van der Waals surface area contributed by atoms with Crippen molar-refractivity contribution >= 4 is 21.7 Å². The molecule has 22 heavy (non-hydrogen) atoms. The lowest BCUT2D eigenvalue weighted by Crippen LogP contribution is -2.46. The average molecular weight is 325 g/mol. The van der Waals surface area contributed by atoms with Crippen LogP contribution in [0.25, 0.3) is 0 Å². The zero-order valence-corrected chi connectivity index (χ0v) is 13.9. The molecule has 1 saturated heterocycles. The van der Waals surface area contributed by atoms with Crippen LogP contribution in [0.5, 0.6) is 0 Å². The zero-order chi connectivity index (χ0) is 15.7. The molecule has 1 N–H and O–H groups in total. The van der Waals surface area contributed by atoms with Crippen molar-refractivity contribution < 1.29 is 8.42 Å². The fourth-order valence-corrected chi connectivity index (χ4v) is 4.15. The smallest absolute Gasteiger partial charge is 0.218 e. The van der Waals surface area contributed by atoms with Gasteiger partial charge in [-0.3, -0.25) is 0 Å². The molecule has 2 heterocycles. The molecule has 1 aliphatic heterocycles. The van der Waals surface area contributed by atoms with E-state index in [1.807, 2.05) is 6.07 Å². The van der Waals surface area contributed by atoms with E-state index in [-0.39, 0.29) is 5.25 Å². The van der Waals surface area contributed by atoms with Crippen LogP contribution in [-0.4, -0.2) is 61.2 Å². The third-order valence-corrected chi connectivity index (χ3v) is 6.46. The Bertz CT molecular complexity index is 630. The van der Waals surface area contributed by atoms with E-state index in [9.17, 15) is 8.42 Å². The first-order valence-corrected chi connectivity index (χ1v) is 9.22. The molecule has 0 radical (unpaired) electrons. The molecule has 1 aliphatic carbocycles. The molecule has 3 rings (SSSR count). The van der Waals surface area contributed by atoms with Crippen molar-refractivity contribution in [2.75, 3.05) is 37.4 Å². The van der Waals surface area contributed by atoms with Gasteiger partial charge in [-0.25, -0.2) is 22.7 Å². The van der Waals surface area contributed by atoms with Crippen LogP contribution in [0.3, 0.4) is 0 Å². The van der Waals surface area contributed by atoms with Gasteiger partial charge in [0, 0.05) is 39.3 Å². The van der Waals surface area contributed by atoms with Crippen molar-refractivity contribution in [2.45, 2.75) is 37.0 Å². The molecule has 0 unspecified atom stereocenters.